The fourth-order valence-electron chi connectivity index (χ4n) is 1.20. The molecule has 0 saturated heterocycles. The van der Waals surface area contributed by atoms with Crippen molar-refractivity contribution in [3.8, 4) is 11.8 Å². The van der Waals surface area contributed by atoms with E-state index in [2.05, 4.69) is 4.74 Å². The van der Waals surface area contributed by atoms with E-state index in [-0.39, 0.29) is 11.3 Å². The molecule has 84 valence electrons. The molecule has 16 heavy (non-hydrogen) atoms. The number of rotatable bonds is 3. The zero-order valence-corrected chi connectivity index (χ0v) is 8.27. The predicted molar refractivity (Wildman–Crippen MR) is 50.3 cm³/mol. The number of carbonyl (C=O) groups is 1. The number of carboxylic acids is 1. The van der Waals surface area contributed by atoms with Crippen LogP contribution in [-0.2, 0) is 4.79 Å². The Hall–Kier alpha value is -2.13. The number of hydrogen-bond acceptors (Lipinski definition) is 4. The monoisotopic (exact) mass is 225 g/mol. The van der Waals surface area contributed by atoms with E-state index in [9.17, 15) is 14.3 Å². The van der Waals surface area contributed by atoms with E-state index in [1.807, 2.05) is 0 Å². The lowest BCUT2D eigenvalue weighted by Gasteiger charge is -2.10. The third kappa shape index (κ3) is 1.94. The molecule has 1 aromatic carbocycles. The molecular formula is C10H8FNO4. The molecule has 2 N–H and O–H groups in total. The number of nitrogens with zero attached hydrogens (tertiary/aromatic N) is 1. The van der Waals surface area contributed by atoms with Crippen molar-refractivity contribution in [2.24, 2.45) is 0 Å². The number of ether oxygens (including phenoxy) is 1. The lowest BCUT2D eigenvalue weighted by molar-refractivity contribution is -0.146. The molecule has 0 aromatic heterocycles. The van der Waals surface area contributed by atoms with E-state index in [0.717, 1.165) is 12.1 Å². The van der Waals surface area contributed by atoms with Crippen LogP contribution in [0.15, 0.2) is 12.1 Å². The number of carboxylic acid groups (broad SMARTS) is 1. The topological polar surface area (TPSA) is 90.6 Å². The molecule has 0 fully saturated rings. The Kier molecular flexibility index (Phi) is 3.43. The van der Waals surface area contributed by atoms with Gasteiger partial charge in [-0.25, -0.2) is 9.18 Å². The van der Waals surface area contributed by atoms with E-state index in [1.54, 1.807) is 0 Å². The second kappa shape index (κ2) is 4.59. The van der Waals surface area contributed by atoms with Crippen molar-refractivity contribution in [1.82, 2.24) is 0 Å². The fourth-order valence-corrected chi connectivity index (χ4v) is 1.20. The van der Waals surface area contributed by atoms with Crippen molar-refractivity contribution in [3.05, 3.63) is 29.1 Å². The fraction of sp³-hybridized carbons (Fsp3) is 0.200. The van der Waals surface area contributed by atoms with Gasteiger partial charge in [0.25, 0.3) is 0 Å². The molecule has 0 aliphatic rings. The standard InChI is InChI=1S/C10H8FNO4/c1-16-7-3-2-5(9(13)10(14)15)6(4-12)8(7)11/h2-3,9,13H,1H3,(H,14,15). The second-order valence-corrected chi connectivity index (χ2v) is 2.90. The van der Waals surface area contributed by atoms with Gasteiger partial charge in [0.2, 0.25) is 0 Å². The van der Waals surface area contributed by atoms with Crippen LogP contribution in [0.4, 0.5) is 4.39 Å². The van der Waals surface area contributed by atoms with Gasteiger partial charge in [-0.05, 0) is 6.07 Å². The Morgan fingerprint density at radius 3 is 2.69 bits per heavy atom. The lowest BCUT2D eigenvalue weighted by Crippen LogP contribution is -2.13. The maximum absolute atomic E-state index is 13.5. The highest BCUT2D eigenvalue weighted by Crippen LogP contribution is 2.27. The maximum atomic E-state index is 13.5. The van der Waals surface area contributed by atoms with Crippen LogP contribution in [0.3, 0.4) is 0 Å². The summed E-state index contributed by atoms with van der Waals surface area (Å²) in [6.07, 6.45) is -1.94. The van der Waals surface area contributed by atoms with E-state index >= 15 is 0 Å². The second-order valence-electron chi connectivity index (χ2n) is 2.90. The summed E-state index contributed by atoms with van der Waals surface area (Å²) in [5.41, 5.74) is -0.831. The first-order valence-corrected chi connectivity index (χ1v) is 4.20. The van der Waals surface area contributed by atoms with E-state index in [1.165, 1.54) is 13.2 Å². The number of halogens is 1. The summed E-state index contributed by atoms with van der Waals surface area (Å²) in [5.74, 6) is -2.72. The third-order valence-corrected chi connectivity index (χ3v) is 2.00. The summed E-state index contributed by atoms with van der Waals surface area (Å²) in [7, 11) is 1.22. The number of methoxy groups -OCH3 is 1. The molecule has 5 nitrogen and oxygen atoms in total. The predicted octanol–water partition coefficient (Wildman–Crippen LogP) is 0.824. The Morgan fingerprint density at radius 1 is 1.62 bits per heavy atom. The zero-order chi connectivity index (χ0) is 12.3. The molecule has 1 rings (SSSR count). The molecule has 0 saturated carbocycles. The smallest absolute Gasteiger partial charge is 0.337 e. The Labute approximate surface area is 90.3 Å². The van der Waals surface area contributed by atoms with Crippen LogP contribution >= 0.6 is 0 Å². The van der Waals surface area contributed by atoms with Gasteiger partial charge < -0.3 is 14.9 Å². The summed E-state index contributed by atoms with van der Waals surface area (Å²) in [6, 6.07) is 3.78. The molecule has 0 amide bonds. The van der Waals surface area contributed by atoms with Crippen molar-refractivity contribution >= 4 is 5.97 Å². The quantitative estimate of drug-likeness (QED) is 0.794. The molecule has 0 heterocycles. The van der Waals surface area contributed by atoms with Gasteiger partial charge in [-0.15, -0.1) is 0 Å². The van der Waals surface area contributed by atoms with Crippen LogP contribution in [0, 0.1) is 17.1 Å². The van der Waals surface area contributed by atoms with Gasteiger partial charge in [0.05, 0.1) is 12.7 Å². The Bertz CT molecular complexity index is 467. The minimum Gasteiger partial charge on any atom is -0.494 e. The normalized spacial score (nSPS) is 11.6. The molecule has 0 aliphatic carbocycles. The molecule has 0 radical (unpaired) electrons. The molecule has 0 spiro atoms. The van der Waals surface area contributed by atoms with Crippen LogP contribution in [0.2, 0.25) is 0 Å². The molecule has 1 aromatic rings. The van der Waals surface area contributed by atoms with E-state index in [0.29, 0.717) is 0 Å². The van der Waals surface area contributed by atoms with Gasteiger partial charge in [-0.1, -0.05) is 6.07 Å². The average Bonchev–Trinajstić information content (AvgIpc) is 2.27. The van der Waals surface area contributed by atoms with Crippen LogP contribution in [0.1, 0.15) is 17.2 Å². The number of aliphatic hydroxyl groups is 1. The van der Waals surface area contributed by atoms with Crippen molar-refractivity contribution in [2.75, 3.05) is 7.11 Å². The lowest BCUT2D eigenvalue weighted by atomic mass is 10.0. The highest BCUT2D eigenvalue weighted by molar-refractivity contribution is 5.75. The molecule has 0 aliphatic heterocycles. The van der Waals surface area contributed by atoms with Crippen LogP contribution in [0.25, 0.3) is 0 Å². The van der Waals surface area contributed by atoms with Gasteiger partial charge in [0.1, 0.15) is 6.07 Å². The molecule has 0 bridgehead atoms. The van der Waals surface area contributed by atoms with Gasteiger partial charge in [0.15, 0.2) is 17.7 Å². The van der Waals surface area contributed by atoms with Crippen molar-refractivity contribution in [1.29, 1.82) is 5.26 Å². The minimum atomic E-state index is -1.94. The van der Waals surface area contributed by atoms with Crippen LogP contribution in [-0.4, -0.2) is 23.3 Å². The molecule has 1 unspecified atom stereocenters. The molecule has 6 heteroatoms. The first-order valence-electron chi connectivity index (χ1n) is 4.20. The Balaban J connectivity index is 3.38. The van der Waals surface area contributed by atoms with Gasteiger partial charge in [-0.3, -0.25) is 0 Å². The van der Waals surface area contributed by atoms with Crippen molar-refractivity contribution in [3.63, 3.8) is 0 Å². The molecular weight excluding hydrogens is 217 g/mol. The SMILES string of the molecule is COc1ccc(C(O)C(=O)O)c(C#N)c1F. The van der Waals surface area contributed by atoms with Gasteiger partial charge >= 0.3 is 5.97 Å². The van der Waals surface area contributed by atoms with E-state index < -0.39 is 23.5 Å². The summed E-state index contributed by atoms with van der Waals surface area (Å²) < 4.78 is 18.1. The first-order chi connectivity index (χ1) is 7.52. The minimum absolute atomic E-state index is 0.183. The number of aliphatic hydroxyl groups excluding tert-OH is 1. The summed E-state index contributed by atoms with van der Waals surface area (Å²) >= 11 is 0. The molecule has 1 atom stereocenters. The first kappa shape index (κ1) is 11.9. The van der Waals surface area contributed by atoms with Gasteiger partial charge in [-0.2, -0.15) is 5.26 Å². The average molecular weight is 225 g/mol. The van der Waals surface area contributed by atoms with E-state index in [4.69, 9.17) is 10.4 Å². The number of aliphatic carboxylic acids is 1. The maximum Gasteiger partial charge on any atom is 0.337 e. The highest BCUT2D eigenvalue weighted by atomic mass is 19.1. The van der Waals surface area contributed by atoms with Gasteiger partial charge in [0, 0.05) is 5.56 Å². The number of nitriles is 1. The number of benzene rings is 1. The summed E-state index contributed by atoms with van der Waals surface area (Å²) in [6.45, 7) is 0. The van der Waals surface area contributed by atoms with Crippen molar-refractivity contribution < 1.29 is 24.1 Å². The van der Waals surface area contributed by atoms with Crippen LogP contribution in [0.5, 0.6) is 5.75 Å². The number of hydrogen-bond donors (Lipinski definition) is 2. The Morgan fingerprint density at radius 2 is 2.25 bits per heavy atom. The summed E-state index contributed by atoms with van der Waals surface area (Å²) in [4.78, 5) is 10.5. The highest BCUT2D eigenvalue weighted by Gasteiger charge is 2.23. The summed E-state index contributed by atoms with van der Waals surface area (Å²) in [5, 5.41) is 26.5. The third-order valence-electron chi connectivity index (χ3n) is 2.00. The van der Waals surface area contributed by atoms with Crippen LogP contribution < -0.4 is 4.74 Å². The largest absolute Gasteiger partial charge is 0.494 e. The van der Waals surface area contributed by atoms with Crippen molar-refractivity contribution in [2.45, 2.75) is 6.10 Å². The zero-order valence-electron chi connectivity index (χ0n) is 8.27.